The minimum absolute atomic E-state index is 0. The first-order valence-electron chi connectivity index (χ1n) is 3.93. The van der Waals surface area contributed by atoms with Gasteiger partial charge >= 0.3 is 74.6 Å². The summed E-state index contributed by atoms with van der Waals surface area (Å²) in [5.41, 5.74) is 0. The van der Waals surface area contributed by atoms with Gasteiger partial charge in [-0.15, -0.1) is 0 Å². The molecule has 0 unspecified atom stereocenters. The summed E-state index contributed by atoms with van der Waals surface area (Å²) in [4.78, 5) is 2.32. The van der Waals surface area contributed by atoms with Crippen molar-refractivity contribution < 1.29 is 14.7 Å². The van der Waals surface area contributed by atoms with Crippen molar-refractivity contribution in [1.29, 1.82) is 0 Å². The molecule has 3 rings (SSSR count). The number of fused-ring (bicyclic) bond motifs is 6. The Morgan fingerprint density at radius 3 is 1.67 bits per heavy atom. The average molecular weight is 283 g/mol. The van der Waals surface area contributed by atoms with E-state index < -0.39 is 21.0 Å². The summed E-state index contributed by atoms with van der Waals surface area (Å²) < 4.78 is 16.4. The predicted molar refractivity (Wildman–Crippen MR) is 43.7 cm³/mol. The maximum absolute atomic E-state index is 5.46. The van der Waals surface area contributed by atoms with E-state index in [1.165, 1.54) is 0 Å². The van der Waals surface area contributed by atoms with Crippen molar-refractivity contribution in [2.75, 3.05) is 39.5 Å². The van der Waals surface area contributed by atoms with E-state index in [0.717, 1.165) is 39.5 Å². The van der Waals surface area contributed by atoms with Crippen LogP contribution in [0.5, 0.6) is 0 Å². The van der Waals surface area contributed by atoms with Crippen LogP contribution in [-0.2, 0) is 9.22 Å². The van der Waals surface area contributed by atoms with E-state index in [-0.39, 0.29) is 5.48 Å². The first-order chi connectivity index (χ1) is 5.45. The van der Waals surface area contributed by atoms with Crippen LogP contribution >= 0.6 is 0 Å². The maximum Gasteiger partial charge on any atom is -0.412 e. The van der Waals surface area contributed by atoms with Gasteiger partial charge in [0.1, 0.15) is 0 Å². The van der Waals surface area contributed by atoms with Crippen LogP contribution in [0.2, 0.25) is 0 Å². The van der Waals surface area contributed by atoms with Crippen LogP contribution in [0.1, 0.15) is 0 Å². The minimum Gasteiger partial charge on any atom is -0.412 e. The molecule has 3 fully saturated rings. The molecule has 0 aliphatic carbocycles. The van der Waals surface area contributed by atoms with Gasteiger partial charge in [-0.1, -0.05) is 0 Å². The largest absolute Gasteiger partial charge is 0.412 e. The zero-order valence-electron chi connectivity index (χ0n) is 6.91. The van der Waals surface area contributed by atoms with Gasteiger partial charge in [0.2, 0.25) is 0 Å². The molecule has 0 aromatic carbocycles. The molecular weight excluding hydrogens is 269 g/mol. The second-order valence-electron chi connectivity index (χ2n) is 2.64. The molecular formula is C6H14NO4Sn. The summed E-state index contributed by atoms with van der Waals surface area (Å²) in [6.45, 7) is 5.56. The Bertz CT molecular complexity index is 101. The van der Waals surface area contributed by atoms with Gasteiger partial charge in [0.05, 0.1) is 0 Å². The molecule has 0 saturated carbocycles. The Balaban J connectivity index is 0.000000720. The van der Waals surface area contributed by atoms with Crippen LogP contribution in [0.15, 0.2) is 0 Å². The van der Waals surface area contributed by atoms with E-state index in [1.807, 2.05) is 0 Å². The molecule has 12 heavy (non-hydrogen) atoms. The summed E-state index contributed by atoms with van der Waals surface area (Å²) in [5.74, 6) is 0. The Labute approximate surface area is 80.3 Å². The second kappa shape index (κ2) is 5.35. The second-order valence-corrected chi connectivity index (χ2v) is 6.54. The van der Waals surface area contributed by atoms with E-state index in [1.54, 1.807) is 0 Å². The van der Waals surface area contributed by atoms with Gasteiger partial charge in [0.15, 0.2) is 0 Å². The molecule has 3 aliphatic rings. The summed E-state index contributed by atoms with van der Waals surface area (Å²) >= 11 is -2.22. The van der Waals surface area contributed by atoms with Gasteiger partial charge in [-0.2, -0.15) is 0 Å². The Hall–Kier alpha value is 0.599. The summed E-state index contributed by atoms with van der Waals surface area (Å²) in [6.07, 6.45) is 0. The molecule has 6 heteroatoms. The van der Waals surface area contributed by atoms with Gasteiger partial charge in [-0.05, 0) is 0 Å². The predicted octanol–water partition coefficient (Wildman–Crippen LogP) is -1.47. The molecule has 0 amide bonds. The van der Waals surface area contributed by atoms with Crippen LogP contribution < -0.4 is 0 Å². The van der Waals surface area contributed by atoms with Gasteiger partial charge in [0.25, 0.3) is 0 Å². The number of nitrogens with zero attached hydrogens (tertiary/aromatic N) is 1. The molecule has 0 aromatic rings. The molecule has 3 saturated heterocycles. The van der Waals surface area contributed by atoms with Crippen molar-refractivity contribution in [2.45, 2.75) is 0 Å². The van der Waals surface area contributed by atoms with Crippen molar-refractivity contribution in [3.8, 4) is 0 Å². The third-order valence-corrected chi connectivity index (χ3v) is 5.65. The van der Waals surface area contributed by atoms with Crippen LogP contribution in [0.25, 0.3) is 0 Å². The Kier molecular flexibility index (Phi) is 4.76. The smallest absolute Gasteiger partial charge is 0.412 e. The summed E-state index contributed by atoms with van der Waals surface area (Å²) in [7, 11) is 0. The zero-order chi connectivity index (χ0) is 7.52. The number of hydrogen-bond donors (Lipinski definition) is 0. The van der Waals surface area contributed by atoms with Gasteiger partial charge in [0, 0.05) is 0 Å². The fourth-order valence-electron chi connectivity index (χ4n) is 1.23. The van der Waals surface area contributed by atoms with Gasteiger partial charge in [-0.3, -0.25) is 0 Å². The van der Waals surface area contributed by atoms with E-state index >= 15 is 0 Å². The molecule has 1 radical (unpaired) electrons. The molecule has 0 aromatic heterocycles. The van der Waals surface area contributed by atoms with Crippen LogP contribution in [-0.4, -0.2) is 70.8 Å². The van der Waals surface area contributed by atoms with Crippen molar-refractivity contribution >= 4 is 21.0 Å². The molecule has 3 aliphatic heterocycles. The Morgan fingerprint density at radius 1 is 0.833 bits per heavy atom. The van der Waals surface area contributed by atoms with Crippen LogP contribution in [0.4, 0.5) is 0 Å². The molecule has 0 atom stereocenters. The fourth-order valence-corrected chi connectivity index (χ4v) is 4.16. The third-order valence-electron chi connectivity index (χ3n) is 1.88. The normalized spacial score (nSPS) is 27.0. The molecule has 2 N–H and O–H groups in total. The average Bonchev–Trinajstić information content (AvgIpc) is 1.80. The fraction of sp³-hybridized carbons (Fsp3) is 1.00. The summed E-state index contributed by atoms with van der Waals surface area (Å²) in [6, 6.07) is 0. The van der Waals surface area contributed by atoms with E-state index in [9.17, 15) is 0 Å². The van der Waals surface area contributed by atoms with E-state index in [0.29, 0.717) is 0 Å². The topological polar surface area (TPSA) is 62.4 Å². The number of hydrogen-bond acceptors (Lipinski definition) is 4. The standard InChI is InChI=1S/C6H12NO3.H2O.Sn/c8-4-1-7(2-5-9)3-6-10;;/h1-6H2;1H2;/q-3;;+3. The monoisotopic (exact) mass is 284 g/mol. The van der Waals surface area contributed by atoms with Crippen molar-refractivity contribution in [2.24, 2.45) is 0 Å². The molecule has 71 valence electrons. The third kappa shape index (κ3) is 2.82. The first kappa shape index (κ1) is 10.7. The summed E-state index contributed by atoms with van der Waals surface area (Å²) in [5, 5.41) is 0. The number of rotatable bonds is 0. The molecule has 0 spiro atoms. The Morgan fingerprint density at radius 2 is 1.25 bits per heavy atom. The minimum atomic E-state index is -2.22. The molecule has 3 heterocycles. The molecule has 5 nitrogen and oxygen atoms in total. The SMILES string of the molecule is C1CN2CC[O][Sn]([O]1)[O]CC2.O. The van der Waals surface area contributed by atoms with Gasteiger partial charge in [-0.25, -0.2) is 0 Å². The maximum atomic E-state index is 5.46. The van der Waals surface area contributed by atoms with Crippen molar-refractivity contribution in [3.05, 3.63) is 0 Å². The van der Waals surface area contributed by atoms with E-state index in [4.69, 9.17) is 9.22 Å². The van der Waals surface area contributed by atoms with Crippen LogP contribution in [0.3, 0.4) is 0 Å². The van der Waals surface area contributed by atoms with Crippen molar-refractivity contribution in [1.82, 2.24) is 4.90 Å². The first-order valence-corrected chi connectivity index (χ1v) is 7.42. The van der Waals surface area contributed by atoms with E-state index in [2.05, 4.69) is 4.90 Å². The quantitative estimate of drug-likeness (QED) is 0.509. The molecule has 2 bridgehead atoms. The zero-order valence-corrected chi connectivity index (χ0v) is 9.77. The van der Waals surface area contributed by atoms with Crippen molar-refractivity contribution in [3.63, 3.8) is 0 Å². The van der Waals surface area contributed by atoms with Gasteiger partial charge < -0.3 is 5.48 Å². The van der Waals surface area contributed by atoms with Crippen LogP contribution in [0, 0.1) is 0 Å².